The number of hydrogen-bond acceptors (Lipinski definition) is 3. The van der Waals surface area contributed by atoms with Crippen molar-refractivity contribution in [3.05, 3.63) is 41.5 Å². The molecule has 0 atom stereocenters. The number of nitrogens with one attached hydrogen (secondary N) is 1. The summed E-state index contributed by atoms with van der Waals surface area (Å²) < 4.78 is 0. The van der Waals surface area contributed by atoms with Crippen molar-refractivity contribution in [3.8, 4) is 0 Å². The van der Waals surface area contributed by atoms with Crippen molar-refractivity contribution in [2.45, 2.75) is 49.8 Å². The summed E-state index contributed by atoms with van der Waals surface area (Å²) >= 11 is 1.47. The van der Waals surface area contributed by atoms with Crippen LogP contribution in [0.4, 0.5) is 0 Å². The molecule has 140 valence electrons. The molecular formula is C21H28N2O2S. The van der Waals surface area contributed by atoms with E-state index in [2.05, 4.69) is 11.4 Å². The minimum Gasteiger partial charge on any atom is -0.352 e. The third kappa shape index (κ3) is 5.37. The summed E-state index contributed by atoms with van der Waals surface area (Å²) in [6.07, 6.45) is 10.4. The number of carbonyl (C=O) groups is 2. The predicted molar refractivity (Wildman–Crippen MR) is 106 cm³/mol. The van der Waals surface area contributed by atoms with Gasteiger partial charge in [-0.05, 0) is 57.1 Å². The van der Waals surface area contributed by atoms with Gasteiger partial charge >= 0.3 is 0 Å². The molecule has 1 heterocycles. The third-order valence-electron chi connectivity index (χ3n) is 5.06. The number of likely N-dealkylation sites (tertiary alicyclic amines) is 1. The Kier molecular flexibility index (Phi) is 7.18. The molecule has 0 spiro atoms. The van der Waals surface area contributed by atoms with Gasteiger partial charge in [-0.3, -0.25) is 9.59 Å². The fraction of sp³-hybridized carbons (Fsp3) is 0.524. The van der Waals surface area contributed by atoms with Crippen LogP contribution in [0.25, 0.3) is 0 Å². The van der Waals surface area contributed by atoms with Crippen molar-refractivity contribution in [2.75, 3.05) is 25.4 Å². The number of thioether (sulfide) groups is 1. The lowest BCUT2D eigenvalue weighted by molar-refractivity contribution is -0.127. The lowest BCUT2D eigenvalue weighted by Gasteiger charge is -2.16. The molecule has 1 saturated heterocycles. The average Bonchev–Trinajstić information content (AvgIpc) is 3.22. The Hall–Kier alpha value is -1.75. The highest BCUT2D eigenvalue weighted by Crippen LogP contribution is 2.24. The topological polar surface area (TPSA) is 49.4 Å². The van der Waals surface area contributed by atoms with Gasteiger partial charge in [-0.2, -0.15) is 0 Å². The van der Waals surface area contributed by atoms with E-state index in [1.165, 1.54) is 43.0 Å². The second-order valence-corrected chi connectivity index (χ2v) is 8.00. The monoisotopic (exact) mass is 372 g/mol. The quantitative estimate of drug-likeness (QED) is 0.581. The van der Waals surface area contributed by atoms with E-state index in [4.69, 9.17) is 0 Å². The van der Waals surface area contributed by atoms with E-state index in [9.17, 15) is 9.59 Å². The van der Waals surface area contributed by atoms with Crippen LogP contribution in [0.15, 0.2) is 40.8 Å². The molecule has 0 saturated carbocycles. The largest absolute Gasteiger partial charge is 0.352 e. The molecule has 0 aromatic heterocycles. The first kappa shape index (κ1) is 19.0. The number of hydrogen-bond donors (Lipinski definition) is 1. The molecule has 0 radical (unpaired) electrons. The van der Waals surface area contributed by atoms with E-state index in [1.807, 2.05) is 29.2 Å². The molecule has 1 aromatic carbocycles. The second kappa shape index (κ2) is 9.81. The molecule has 0 bridgehead atoms. The van der Waals surface area contributed by atoms with Crippen LogP contribution in [0.1, 0.15) is 55.3 Å². The van der Waals surface area contributed by atoms with Gasteiger partial charge in [0.2, 0.25) is 5.91 Å². The van der Waals surface area contributed by atoms with E-state index >= 15 is 0 Å². The highest BCUT2D eigenvalue weighted by Gasteiger charge is 2.19. The highest BCUT2D eigenvalue weighted by atomic mass is 32.2. The van der Waals surface area contributed by atoms with Gasteiger partial charge in [0, 0.05) is 24.5 Å². The van der Waals surface area contributed by atoms with Gasteiger partial charge in [-0.1, -0.05) is 23.8 Å². The summed E-state index contributed by atoms with van der Waals surface area (Å²) in [5.74, 6) is 0.530. The average molecular weight is 373 g/mol. The van der Waals surface area contributed by atoms with Crippen LogP contribution in [0, 0.1) is 0 Å². The summed E-state index contributed by atoms with van der Waals surface area (Å²) in [7, 11) is 0. The van der Waals surface area contributed by atoms with Crippen LogP contribution in [0.3, 0.4) is 0 Å². The molecule has 2 amide bonds. The molecule has 2 aliphatic rings. The summed E-state index contributed by atoms with van der Waals surface area (Å²) in [6, 6.07) is 7.58. The van der Waals surface area contributed by atoms with Crippen LogP contribution in [0.5, 0.6) is 0 Å². The van der Waals surface area contributed by atoms with Crippen molar-refractivity contribution >= 4 is 23.6 Å². The van der Waals surface area contributed by atoms with Gasteiger partial charge in [0.25, 0.3) is 5.91 Å². The first-order valence-electron chi connectivity index (χ1n) is 9.70. The molecular weight excluding hydrogens is 344 g/mol. The zero-order chi connectivity index (χ0) is 18.2. The number of nitrogens with zero attached hydrogens (tertiary/aromatic N) is 1. The van der Waals surface area contributed by atoms with Crippen LogP contribution in [0.2, 0.25) is 0 Å². The smallest absolute Gasteiger partial charge is 0.252 e. The van der Waals surface area contributed by atoms with Gasteiger partial charge < -0.3 is 10.2 Å². The highest BCUT2D eigenvalue weighted by molar-refractivity contribution is 8.00. The van der Waals surface area contributed by atoms with Gasteiger partial charge in [0.1, 0.15) is 0 Å². The number of benzene rings is 1. The fourth-order valence-electron chi connectivity index (χ4n) is 3.54. The molecule has 5 heteroatoms. The van der Waals surface area contributed by atoms with Crippen LogP contribution in [-0.2, 0) is 4.79 Å². The fourth-order valence-corrected chi connectivity index (χ4v) is 4.49. The number of amides is 2. The SMILES string of the molecule is O=C(NCCC1=CCCCC1)c1ccccc1SCC(=O)N1CCCC1. The molecule has 26 heavy (non-hydrogen) atoms. The molecule has 1 N–H and O–H groups in total. The molecule has 1 aromatic rings. The standard InChI is InChI=1S/C21H28N2O2S/c24-20(23-14-6-7-15-23)16-26-19-11-5-4-10-18(19)21(25)22-13-12-17-8-2-1-3-9-17/h4-5,8,10-11H,1-3,6-7,9,12-16H2,(H,22,25). The first-order chi connectivity index (χ1) is 12.7. The van der Waals surface area contributed by atoms with E-state index in [1.54, 1.807) is 0 Å². The number of allylic oxidation sites excluding steroid dienone is 1. The molecule has 4 nitrogen and oxygen atoms in total. The molecule has 1 aliphatic heterocycles. The van der Waals surface area contributed by atoms with Crippen molar-refractivity contribution in [1.82, 2.24) is 10.2 Å². The van der Waals surface area contributed by atoms with Crippen LogP contribution < -0.4 is 5.32 Å². The van der Waals surface area contributed by atoms with E-state index in [0.717, 1.165) is 37.2 Å². The summed E-state index contributed by atoms with van der Waals surface area (Å²) in [5.41, 5.74) is 2.14. The van der Waals surface area contributed by atoms with E-state index in [0.29, 0.717) is 17.9 Å². The lowest BCUT2D eigenvalue weighted by atomic mass is 9.97. The Morgan fingerprint density at radius 1 is 1.08 bits per heavy atom. The summed E-state index contributed by atoms with van der Waals surface area (Å²) in [6.45, 7) is 2.42. The first-order valence-corrected chi connectivity index (χ1v) is 10.7. The van der Waals surface area contributed by atoms with Gasteiger partial charge in [-0.25, -0.2) is 0 Å². The van der Waals surface area contributed by atoms with Crippen molar-refractivity contribution in [1.29, 1.82) is 0 Å². The van der Waals surface area contributed by atoms with Crippen LogP contribution in [-0.4, -0.2) is 42.1 Å². The molecule has 0 unspecified atom stereocenters. The maximum Gasteiger partial charge on any atom is 0.252 e. The maximum absolute atomic E-state index is 12.6. The minimum absolute atomic E-state index is 0.0434. The minimum atomic E-state index is -0.0434. The van der Waals surface area contributed by atoms with Gasteiger partial charge in [0.15, 0.2) is 0 Å². The van der Waals surface area contributed by atoms with E-state index < -0.39 is 0 Å². The Balaban J connectivity index is 1.51. The number of rotatable bonds is 7. The third-order valence-corrected chi connectivity index (χ3v) is 6.12. The Morgan fingerprint density at radius 3 is 2.65 bits per heavy atom. The summed E-state index contributed by atoms with van der Waals surface area (Å²) in [5, 5.41) is 3.04. The second-order valence-electron chi connectivity index (χ2n) is 6.99. The molecule has 1 fully saturated rings. The zero-order valence-corrected chi connectivity index (χ0v) is 16.2. The van der Waals surface area contributed by atoms with Crippen molar-refractivity contribution in [2.24, 2.45) is 0 Å². The zero-order valence-electron chi connectivity index (χ0n) is 15.3. The van der Waals surface area contributed by atoms with Crippen LogP contribution >= 0.6 is 11.8 Å². The maximum atomic E-state index is 12.6. The lowest BCUT2D eigenvalue weighted by Crippen LogP contribution is -2.29. The molecule has 3 rings (SSSR count). The normalized spacial score (nSPS) is 17.1. The molecule has 1 aliphatic carbocycles. The summed E-state index contributed by atoms with van der Waals surface area (Å²) in [4.78, 5) is 27.6. The predicted octanol–water partition coefficient (Wildman–Crippen LogP) is 4.02. The Labute approximate surface area is 160 Å². The number of carbonyl (C=O) groups excluding carboxylic acids is 2. The van der Waals surface area contributed by atoms with Gasteiger partial charge in [0.05, 0.1) is 11.3 Å². The van der Waals surface area contributed by atoms with Gasteiger partial charge in [-0.15, -0.1) is 11.8 Å². The van der Waals surface area contributed by atoms with E-state index in [-0.39, 0.29) is 11.8 Å². The van der Waals surface area contributed by atoms with Crippen molar-refractivity contribution in [3.63, 3.8) is 0 Å². The van der Waals surface area contributed by atoms with Crippen molar-refractivity contribution < 1.29 is 9.59 Å². The Morgan fingerprint density at radius 2 is 1.88 bits per heavy atom. The Bertz CT molecular complexity index is 666.